The number of imidazole rings is 1. The molecule has 0 fully saturated rings. The number of ether oxygens (including phenoxy) is 1. The summed E-state index contributed by atoms with van der Waals surface area (Å²) < 4.78 is 10.3. The maximum absolute atomic E-state index is 13.4. The van der Waals surface area contributed by atoms with Crippen molar-refractivity contribution in [1.29, 1.82) is 0 Å². The molecule has 1 amide bonds. The molecule has 10 nitrogen and oxygen atoms in total. The molecule has 164 valence electrons. The maximum atomic E-state index is 13.4. The van der Waals surface area contributed by atoms with E-state index in [0.717, 1.165) is 0 Å². The van der Waals surface area contributed by atoms with Crippen LogP contribution in [0.3, 0.4) is 0 Å². The zero-order valence-corrected chi connectivity index (χ0v) is 18.0. The summed E-state index contributed by atoms with van der Waals surface area (Å²) >= 11 is 0. The van der Waals surface area contributed by atoms with Crippen molar-refractivity contribution in [2.45, 2.75) is 13.5 Å². The number of rotatable bonds is 7. The first-order valence-electron chi connectivity index (χ1n) is 9.94. The summed E-state index contributed by atoms with van der Waals surface area (Å²) in [6.07, 6.45) is 6.29. The molecule has 2 N–H and O–H groups in total. The lowest BCUT2D eigenvalue weighted by Crippen LogP contribution is -2.21. The van der Waals surface area contributed by atoms with Gasteiger partial charge in [-0.2, -0.15) is 0 Å². The summed E-state index contributed by atoms with van der Waals surface area (Å²) in [5.74, 6) is 0.0856. The minimum atomic E-state index is -0.333. The summed E-state index contributed by atoms with van der Waals surface area (Å²) in [6, 6.07) is 7.01. The van der Waals surface area contributed by atoms with Gasteiger partial charge in [0.2, 0.25) is 5.91 Å². The van der Waals surface area contributed by atoms with Gasteiger partial charge in [0.15, 0.2) is 0 Å². The Morgan fingerprint density at radius 1 is 1.28 bits per heavy atom. The van der Waals surface area contributed by atoms with Crippen molar-refractivity contribution in [1.82, 2.24) is 23.9 Å². The number of carbonyl (C=O) groups excluding carboxylic acids is 1. The molecule has 10 heteroatoms. The van der Waals surface area contributed by atoms with Crippen LogP contribution in [0.15, 0.2) is 60.4 Å². The van der Waals surface area contributed by atoms with Crippen LogP contribution in [0.2, 0.25) is 0 Å². The van der Waals surface area contributed by atoms with Crippen LogP contribution in [0, 0.1) is 0 Å². The third-order valence-electron chi connectivity index (χ3n) is 4.95. The number of carbonyl (C=O) groups is 1. The lowest BCUT2D eigenvalue weighted by Gasteiger charge is -2.13. The smallest absolute Gasteiger partial charge is 0.281 e. The highest BCUT2D eigenvalue weighted by atomic mass is 16.5. The fraction of sp³-hybridized carbons (Fsp3) is 0.182. The Hall–Kier alpha value is -4.34. The Balaban J connectivity index is 1.89. The van der Waals surface area contributed by atoms with Crippen LogP contribution in [0.1, 0.15) is 6.92 Å². The van der Waals surface area contributed by atoms with Gasteiger partial charge in [0.05, 0.1) is 31.0 Å². The number of nitrogens with one attached hydrogen (secondary N) is 2. The number of hydrogen-bond donors (Lipinski definition) is 2. The van der Waals surface area contributed by atoms with Crippen molar-refractivity contribution >= 4 is 34.0 Å². The molecule has 0 saturated heterocycles. The predicted molar refractivity (Wildman–Crippen MR) is 123 cm³/mol. The van der Waals surface area contributed by atoms with Gasteiger partial charge in [0, 0.05) is 25.5 Å². The van der Waals surface area contributed by atoms with E-state index in [4.69, 9.17) is 4.74 Å². The van der Waals surface area contributed by atoms with E-state index in [1.807, 2.05) is 6.92 Å². The molecule has 0 aliphatic rings. The fourth-order valence-corrected chi connectivity index (χ4v) is 3.47. The molecule has 0 spiro atoms. The number of fused-ring (bicyclic) bond motifs is 1. The number of methoxy groups -OCH3 is 1. The second kappa shape index (κ2) is 8.42. The van der Waals surface area contributed by atoms with Crippen LogP contribution in [0.4, 0.5) is 17.1 Å². The summed E-state index contributed by atoms with van der Waals surface area (Å²) in [5.41, 5.74) is 3.15. The van der Waals surface area contributed by atoms with Crippen LogP contribution in [-0.2, 0) is 18.4 Å². The zero-order chi connectivity index (χ0) is 22.8. The highest BCUT2D eigenvalue weighted by Gasteiger charge is 2.18. The third-order valence-corrected chi connectivity index (χ3v) is 4.95. The van der Waals surface area contributed by atoms with Gasteiger partial charge in [0.1, 0.15) is 16.7 Å². The Labute approximate surface area is 183 Å². The number of pyridine rings is 1. The second-order valence-corrected chi connectivity index (χ2v) is 7.04. The molecule has 3 aromatic heterocycles. The minimum Gasteiger partial charge on any atom is -0.478 e. The minimum absolute atomic E-state index is 0.227. The van der Waals surface area contributed by atoms with Gasteiger partial charge in [0.25, 0.3) is 11.4 Å². The van der Waals surface area contributed by atoms with E-state index in [0.29, 0.717) is 46.2 Å². The molecular weight excluding hydrogens is 410 g/mol. The third kappa shape index (κ3) is 3.73. The molecule has 0 saturated carbocycles. The van der Waals surface area contributed by atoms with E-state index in [-0.39, 0.29) is 11.5 Å². The predicted octanol–water partition coefficient (Wildman–Crippen LogP) is 2.82. The molecule has 0 radical (unpaired) electrons. The van der Waals surface area contributed by atoms with Gasteiger partial charge < -0.3 is 19.9 Å². The standard InChI is InChI=1S/C22H23N7O3/c1-5-18(30)24-14-8-7-9-15(10-14)29-12-16(25-17-11-27(3)26-21(17)32-4)19-20(22(29)31)28(6-2)13-23-19/h5,7-13,25H,1,6H2,2-4H3,(H,24,30). The van der Waals surface area contributed by atoms with Crippen LogP contribution < -0.4 is 20.9 Å². The lowest BCUT2D eigenvalue weighted by atomic mass is 10.2. The maximum Gasteiger partial charge on any atom is 0.281 e. The SMILES string of the molecule is C=CC(=O)Nc1cccc(-n2cc(Nc3cn(C)nc3OC)c3ncn(CC)c3c2=O)c1. The average molecular weight is 433 g/mol. The van der Waals surface area contributed by atoms with Crippen LogP contribution in [-0.4, -0.2) is 36.9 Å². The van der Waals surface area contributed by atoms with Crippen molar-refractivity contribution in [2.75, 3.05) is 17.7 Å². The number of benzene rings is 1. The number of anilines is 3. The first kappa shape index (κ1) is 20.9. The highest BCUT2D eigenvalue weighted by molar-refractivity contribution is 5.99. The molecule has 0 unspecified atom stereocenters. The summed E-state index contributed by atoms with van der Waals surface area (Å²) in [7, 11) is 3.33. The molecule has 4 rings (SSSR count). The molecule has 0 aliphatic heterocycles. The highest BCUT2D eigenvalue weighted by Crippen LogP contribution is 2.29. The van der Waals surface area contributed by atoms with Gasteiger partial charge in [-0.25, -0.2) is 4.98 Å². The molecule has 32 heavy (non-hydrogen) atoms. The van der Waals surface area contributed by atoms with Gasteiger partial charge in [-0.1, -0.05) is 12.6 Å². The largest absolute Gasteiger partial charge is 0.478 e. The van der Waals surface area contributed by atoms with Crippen LogP contribution >= 0.6 is 0 Å². The van der Waals surface area contributed by atoms with E-state index >= 15 is 0 Å². The Kier molecular flexibility index (Phi) is 5.50. The van der Waals surface area contributed by atoms with Gasteiger partial charge in [-0.3, -0.25) is 18.8 Å². The van der Waals surface area contributed by atoms with Crippen molar-refractivity contribution in [3.8, 4) is 11.6 Å². The Morgan fingerprint density at radius 3 is 2.81 bits per heavy atom. The topological polar surface area (TPSA) is 108 Å². The van der Waals surface area contributed by atoms with E-state index in [2.05, 4.69) is 27.3 Å². The number of aromatic nitrogens is 5. The molecule has 4 aromatic rings. The quantitative estimate of drug-likeness (QED) is 0.434. The first-order chi connectivity index (χ1) is 15.4. The van der Waals surface area contributed by atoms with Crippen molar-refractivity contribution < 1.29 is 9.53 Å². The number of amides is 1. The normalized spacial score (nSPS) is 10.8. The second-order valence-electron chi connectivity index (χ2n) is 7.04. The molecular formula is C22H23N7O3. The van der Waals surface area contributed by atoms with E-state index in [1.165, 1.54) is 10.6 Å². The average Bonchev–Trinajstić information content (AvgIpc) is 3.39. The molecule has 0 aliphatic carbocycles. The van der Waals surface area contributed by atoms with Gasteiger partial charge in [-0.15, -0.1) is 5.10 Å². The van der Waals surface area contributed by atoms with Gasteiger partial charge in [-0.05, 0) is 31.2 Å². The molecule has 1 aromatic carbocycles. The Bertz CT molecular complexity index is 1380. The lowest BCUT2D eigenvalue weighted by molar-refractivity contribution is -0.111. The Morgan fingerprint density at radius 2 is 2.09 bits per heavy atom. The van der Waals surface area contributed by atoms with E-state index in [1.54, 1.807) is 66.4 Å². The van der Waals surface area contributed by atoms with Crippen LogP contribution in [0.25, 0.3) is 16.7 Å². The first-order valence-corrected chi connectivity index (χ1v) is 9.94. The zero-order valence-electron chi connectivity index (χ0n) is 18.0. The molecule has 0 atom stereocenters. The van der Waals surface area contributed by atoms with Crippen LogP contribution in [0.5, 0.6) is 5.88 Å². The van der Waals surface area contributed by atoms with E-state index < -0.39 is 0 Å². The number of nitrogens with zero attached hydrogens (tertiary/aromatic N) is 5. The summed E-state index contributed by atoms with van der Waals surface area (Å²) in [5, 5.41) is 10.3. The van der Waals surface area contributed by atoms with Crippen molar-refractivity contribution in [3.05, 3.63) is 66.0 Å². The molecule has 3 heterocycles. The van der Waals surface area contributed by atoms with Gasteiger partial charge >= 0.3 is 0 Å². The summed E-state index contributed by atoms with van der Waals surface area (Å²) in [6.45, 7) is 5.99. The van der Waals surface area contributed by atoms with Crippen molar-refractivity contribution in [2.24, 2.45) is 7.05 Å². The summed E-state index contributed by atoms with van der Waals surface area (Å²) in [4.78, 5) is 29.6. The number of hydrogen-bond acceptors (Lipinski definition) is 6. The van der Waals surface area contributed by atoms with E-state index in [9.17, 15) is 9.59 Å². The van der Waals surface area contributed by atoms with Crippen molar-refractivity contribution in [3.63, 3.8) is 0 Å². The molecule has 0 bridgehead atoms. The number of aryl methyl sites for hydroxylation is 2. The fourth-order valence-electron chi connectivity index (χ4n) is 3.47. The monoisotopic (exact) mass is 433 g/mol.